The fourth-order valence-electron chi connectivity index (χ4n) is 2.41. The topological polar surface area (TPSA) is 51.8 Å². The van der Waals surface area contributed by atoms with E-state index in [1.54, 1.807) is 0 Å². The lowest BCUT2D eigenvalue weighted by atomic mass is 9.66. The van der Waals surface area contributed by atoms with Crippen molar-refractivity contribution in [1.82, 2.24) is 10.2 Å². The number of aromatic nitrogens is 2. The van der Waals surface area contributed by atoms with Gasteiger partial charge in [0.1, 0.15) is 0 Å². The Kier molecular flexibility index (Phi) is 2.14. The standard InChI is InChI=1S/C13H15N3/c14-9-13(6-3-7-13)12-8-10-4-1-2-5-11(10)15-16-12/h1-2,4-5,8H,3,6-7,9,14H2. The van der Waals surface area contributed by atoms with Gasteiger partial charge >= 0.3 is 0 Å². The lowest BCUT2D eigenvalue weighted by molar-refractivity contribution is 0.244. The van der Waals surface area contributed by atoms with Crippen LogP contribution < -0.4 is 5.73 Å². The van der Waals surface area contributed by atoms with Gasteiger partial charge in [0.2, 0.25) is 0 Å². The molecule has 0 amide bonds. The molecule has 2 aromatic rings. The number of benzene rings is 1. The van der Waals surface area contributed by atoms with Crippen LogP contribution >= 0.6 is 0 Å². The van der Waals surface area contributed by atoms with Crippen LogP contribution in [0.5, 0.6) is 0 Å². The van der Waals surface area contributed by atoms with E-state index in [4.69, 9.17) is 5.73 Å². The van der Waals surface area contributed by atoms with Gasteiger partial charge in [-0.3, -0.25) is 0 Å². The van der Waals surface area contributed by atoms with Crippen LogP contribution in [0.25, 0.3) is 10.9 Å². The minimum atomic E-state index is 0.108. The van der Waals surface area contributed by atoms with Crippen molar-refractivity contribution in [3.8, 4) is 0 Å². The highest BCUT2D eigenvalue weighted by Crippen LogP contribution is 2.42. The van der Waals surface area contributed by atoms with E-state index >= 15 is 0 Å². The molecule has 1 aliphatic carbocycles. The molecule has 0 unspecified atom stereocenters. The largest absolute Gasteiger partial charge is 0.330 e. The summed E-state index contributed by atoms with van der Waals surface area (Å²) in [4.78, 5) is 0. The highest BCUT2D eigenvalue weighted by molar-refractivity contribution is 5.78. The molecule has 0 saturated heterocycles. The lowest BCUT2D eigenvalue weighted by Gasteiger charge is -2.39. The van der Waals surface area contributed by atoms with Gasteiger partial charge in [-0.05, 0) is 25.0 Å². The third-order valence-corrected chi connectivity index (χ3v) is 3.74. The zero-order valence-corrected chi connectivity index (χ0v) is 9.19. The van der Waals surface area contributed by atoms with E-state index in [0.29, 0.717) is 6.54 Å². The number of hydrogen-bond donors (Lipinski definition) is 1. The molecule has 1 saturated carbocycles. The molecule has 1 fully saturated rings. The Balaban J connectivity index is 2.11. The van der Waals surface area contributed by atoms with E-state index in [0.717, 1.165) is 29.4 Å². The van der Waals surface area contributed by atoms with Crippen molar-refractivity contribution in [2.75, 3.05) is 6.54 Å². The predicted molar refractivity (Wildman–Crippen MR) is 64.1 cm³/mol. The second-order valence-electron chi connectivity index (χ2n) is 4.63. The second kappa shape index (κ2) is 3.52. The van der Waals surface area contributed by atoms with E-state index in [9.17, 15) is 0 Å². The summed E-state index contributed by atoms with van der Waals surface area (Å²) >= 11 is 0. The van der Waals surface area contributed by atoms with Crippen LogP contribution in [-0.2, 0) is 5.41 Å². The van der Waals surface area contributed by atoms with Crippen LogP contribution in [0.3, 0.4) is 0 Å². The van der Waals surface area contributed by atoms with Crippen LogP contribution in [0.2, 0.25) is 0 Å². The molecule has 82 valence electrons. The summed E-state index contributed by atoms with van der Waals surface area (Å²) < 4.78 is 0. The normalized spacial score (nSPS) is 18.3. The van der Waals surface area contributed by atoms with E-state index in [-0.39, 0.29) is 5.41 Å². The van der Waals surface area contributed by atoms with Gasteiger partial charge in [-0.25, -0.2) is 0 Å². The maximum absolute atomic E-state index is 5.88. The molecule has 1 heterocycles. The molecule has 0 atom stereocenters. The first-order chi connectivity index (χ1) is 7.84. The first kappa shape index (κ1) is 9.73. The van der Waals surface area contributed by atoms with E-state index in [1.165, 1.54) is 6.42 Å². The summed E-state index contributed by atoms with van der Waals surface area (Å²) in [7, 11) is 0. The van der Waals surface area contributed by atoms with Gasteiger partial charge in [0.25, 0.3) is 0 Å². The van der Waals surface area contributed by atoms with Crippen molar-refractivity contribution in [2.24, 2.45) is 5.73 Å². The third kappa shape index (κ3) is 1.32. The summed E-state index contributed by atoms with van der Waals surface area (Å²) in [6.07, 6.45) is 3.55. The van der Waals surface area contributed by atoms with E-state index in [2.05, 4.69) is 22.3 Å². The Labute approximate surface area is 94.7 Å². The molecule has 3 heteroatoms. The highest BCUT2D eigenvalue weighted by Gasteiger charge is 2.39. The van der Waals surface area contributed by atoms with Crippen molar-refractivity contribution >= 4 is 10.9 Å². The van der Waals surface area contributed by atoms with Gasteiger partial charge in [-0.2, -0.15) is 10.2 Å². The maximum atomic E-state index is 5.88. The molecular weight excluding hydrogens is 198 g/mol. The molecule has 1 aromatic carbocycles. The highest BCUT2D eigenvalue weighted by atomic mass is 15.1. The molecule has 3 nitrogen and oxygen atoms in total. The van der Waals surface area contributed by atoms with E-state index < -0.39 is 0 Å². The van der Waals surface area contributed by atoms with E-state index in [1.807, 2.05) is 18.2 Å². The number of fused-ring (bicyclic) bond motifs is 1. The van der Waals surface area contributed by atoms with Gasteiger partial charge in [0.15, 0.2) is 0 Å². The van der Waals surface area contributed by atoms with Gasteiger partial charge in [0.05, 0.1) is 11.2 Å². The summed E-state index contributed by atoms with van der Waals surface area (Å²) in [5.41, 5.74) is 8.01. The lowest BCUT2D eigenvalue weighted by Crippen LogP contribution is -2.42. The molecule has 1 aliphatic rings. The third-order valence-electron chi connectivity index (χ3n) is 3.74. The monoisotopic (exact) mass is 213 g/mol. The Morgan fingerprint density at radius 1 is 1.19 bits per heavy atom. The summed E-state index contributed by atoms with van der Waals surface area (Å²) in [5.74, 6) is 0. The van der Waals surface area contributed by atoms with Crippen LogP contribution in [0.15, 0.2) is 30.3 Å². The molecule has 0 spiro atoms. The van der Waals surface area contributed by atoms with Crippen molar-refractivity contribution in [3.63, 3.8) is 0 Å². The maximum Gasteiger partial charge on any atom is 0.0929 e. The zero-order chi connectivity index (χ0) is 11.0. The van der Waals surface area contributed by atoms with Crippen molar-refractivity contribution in [3.05, 3.63) is 36.0 Å². The van der Waals surface area contributed by atoms with Gasteiger partial charge in [-0.1, -0.05) is 24.6 Å². The predicted octanol–water partition coefficient (Wildman–Crippen LogP) is 2.01. The average Bonchev–Trinajstić information content (AvgIpc) is 2.28. The fourth-order valence-corrected chi connectivity index (χ4v) is 2.41. The minimum Gasteiger partial charge on any atom is -0.330 e. The average molecular weight is 213 g/mol. The molecule has 0 aliphatic heterocycles. The summed E-state index contributed by atoms with van der Waals surface area (Å²) in [6, 6.07) is 10.2. The number of nitrogens with two attached hydrogens (primary N) is 1. The number of hydrogen-bond acceptors (Lipinski definition) is 3. The van der Waals surface area contributed by atoms with Crippen LogP contribution in [0, 0.1) is 0 Å². The minimum absolute atomic E-state index is 0.108. The molecule has 0 bridgehead atoms. The van der Waals surface area contributed by atoms with Crippen molar-refractivity contribution in [1.29, 1.82) is 0 Å². The fraction of sp³-hybridized carbons (Fsp3) is 0.385. The SMILES string of the molecule is NCC1(c2cc3ccccc3nn2)CCC1. The first-order valence-electron chi connectivity index (χ1n) is 5.77. The van der Waals surface area contributed by atoms with Crippen molar-refractivity contribution in [2.45, 2.75) is 24.7 Å². The summed E-state index contributed by atoms with van der Waals surface area (Å²) in [5, 5.41) is 9.77. The zero-order valence-electron chi connectivity index (χ0n) is 9.19. The van der Waals surface area contributed by atoms with Crippen molar-refractivity contribution < 1.29 is 0 Å². The number of nitrogens with zero attached hydrogens (tertiary/aromatic N) is 2. The Morgan fingerprint density at radius 2 is 2.00 bits per heavy atom. The van der Waals surface area contributed by atoms with Gasteiger partial charge in [-0.15, -0.1) is 0 Å². The second-order valence-corrected chi connectivity index (χ2v) is 4.63. The van der Waals surface area contributed by atoms with Gasteiger partial charge < -0.3 is 5.73 Å². The molecule has 0 radical (unpaired) electrons. The molecule has 1 aromatic heterocycles. The molecule has 16 heavy (non-hydrogen) atoms. The van der Waals surface area contributed by atoms with Crippen LogP contribution in [0.1, 0.15) is 25.0 Å². The Bertz CT molecular complexity index is 512. The quantitative estimate of drug-likeness (QED) is 0.830. The Hall–Kier alpha value is -1.48. The molecular formula is C13H15N3. The van der Waals surface area contributed by atoms with Gasteiger partial charge in [0, 0.05) is 17.3 Å². The first-order valence-corrected chi connectivity index (χ1v) is 5.77. The Morgan fingerprint density at radius 3 is 2.69 bits per heavy atom. The summed E-state index contributed by atoms with van der Waals surface area (Å²) in [6.45, 7) is 0.681. The van der Waals surface area contributed by atoms with Crippen LogP contribution in [0.4, 0.5) is 0 Å². The molecule has 2 N–H and O–H groups in total. The molecule has 3 rings (SSSR count). The number of rotatable bonds is 2. The smallest absolute Gasteiger partial charge is 0.0929 e. The van der Waals surface area contributed by atoms with Crippen LogP contribution in [-0.4, -0.2) is 16.7 Å².